The van der Waals surface area contributed by atoms with Gasteiger partial charge in [-0.3, -0.25) is 4.55 Å². The Balaban J connectivity index is 3.18. The summed E-state index contributed by atoms with van der Waals surface area (Å²) in [5, 5.41) is 9.95. The molecule has 0 bridgehead atoms. The molecule has 0 aromatic rings. The summed E-state index contributed by atoms with van der Waals surface area (Å²) in [7, 11) is -3.77. The van der Waals surface area contributed by atoms with Gasteiger partial charge in [0.25, 0.3) is 10.1 Å². The number of aliphatic hydroxyl groups is 1. The van der Waals surface area contributed by atoms with Gasteiger partial charge in [-0.2, -0.15) is 8.42 Å². The van der Waals surface area contributed by atoms with Crippen LogP contribution in [-0.4, -0.2) is 29.9 Å². The molecule has 0 amide bonds. The molecule has 0 spiro atoms. The largest absolute Gasteiger partial charge is 0.393 e. The predicted octanol–water partition coefficient (Wildman–Crippen LogP) is 5.89. The van der Waals surface area contributed by atoms with Gasteiger partial charge in [-0.15, -0.1) is 0 Å². The molecule has 5 heteroatoms. The lowest BCUT2D eigenvalue weighted by molar-refractivity contribution is 0.147. The average molecular weight is 379 g/mol. The van der Waals surface area contributed by atoms with E-state index in [9.17, 15) is 13.5 Å². The second-order valence-electron chi connectivity index (χ2n) is 7.47. The van der Waals surface area contributed by atoms with Crippen molar-refractivity contribution in [3.8, 4) is 0 Å². The van der Waals surface area contributed by atoms with Crippen LogP contribution in [-0.2, 0) is 10.1 Å². The molecule has 0 aliphatic heterocycles. The van der Waals surface area contributed by atoms with Crippen LogP contribution < -0.4 is 0 Å². The minimum atomic E-state index is -3.77. The molecule has 0 aliphatic rings. The van der Waals surface area contributed by atoms with Crippen LogP contribution in [0, 0.1) is 0 Å². The summed E-state index contributed by atoms with van der Waals surface area (Å²) < 4.78 is 29.8. The Morgan fingerprint density at radius 1 is 0.640 bits per heavy atom. The van der Waals surface area contributed by atoms with E-state index in [4.69, 9.17) is 4.55 Å². The van der Waals surface area contributed by atoms with Gasteiger partial charge in [-0.05, 0) is 19.3 Å². The summed E-state index contributed by atoms with van der Waals surface area (Å²) in [4.78, 5) is 0. The quantitative estimate of drug-likeness (QED) is 0.217. The van der Waals surface area contributed by atoms with Crippen molar-refractivity contribution in [3.63, 3.8) is 0 Å². The van der Waals surface area contributed by atoms with E-state index < -0.39 is 10.1 Å². The number of unbranched alkanes of at least 4 members (excludes halogenated alkanes) is 13. The Morgan fingerprint density at radius 2 is 1.00 bits per heavy atom. The average Bonchev–Trinajstić information content (AvgIpc) is 2.54. The van der Waals surface area contributed by atoms with E-state index in [2.05, 4.69) is 6.92 Å². The lowest BCUT2D eigenvalue weighted by atomic mass is 10.0. The van der Waals surface area contributed by atoms with Gasteiger partial charge < -0.3 is 5.11 Å². The van der Waals surface area contributed by atoms with E-state index in [1.54, 1.807) is 0 Å². The minimum Gasteiger partial charge on any atom is -0.393 e. The first-order chi connectivity index (χ1) is 12.0. The molecule has 0 aromatic carbocycles. The summed E-state index contributed by atoms with van der Waals surface area (Å²) in [6.07, 6.45) is 19.2. The first kappa shape index (κ1) is 24.9. The van der Waals surface area contributed by atoms with Gasteiger partial charge in [0.15, 0.2) is 0 Å². The van der Waals surface area contributed by atoms with Crippen LogP contribution in [0.4, 0.5) is 0 Å². The molecule has 1 unspecified atom stereocenters. The highest BCUT2D eigenvalue weighted by Gasteiger charge is 2.04. The molecule has 152 valence electrons. The van der Waals surface area contributed by atoms with Crippen molar-refractivity contribution in [2.45, 2.75) is 122 Å². The summed E-state index contributed by atoms with van der Waals surface area (Å²) in [5.41, 5.74) is 0. The molecule has 2 N–H and O–H groups in total. The van der Waals surface area contributed by atoms with Crippen LogP contribution in [0.3, 0.4) is 0 Å². The first-order valence-electron chi connectivity index (χ1n) is 10.6. The van der Waals surface area contributed by atoms with Gasteiger partial charge in [0.1, 0.15) is 0 Å². The molecule has 0 saturated heterocycles. The van der Waals surface area contributed by atoms with Crippen LogP contribution in [0.5, 0.6) is 0 Å². The number of hydrogen-bond donors (Lipinski definition) is 2. The zero-order valence-electron chi connectivity index (χ0n) is 16.4. The van der Waals surface area contributed by atoms with Crippen molar-refractivity contribution in [3.05, 3.63) is 0 Å². The maximum atomic E-state index is 10.6. The van der Waals surface area contributed by atoms with Gasteiger partial charge in [-0.1, -0.05) is 96.8 Å². The Labute approximate surface area is 156 Å². The Morgan fingerprint density at radius 3 is 1.40 bits per heavy atom. The van der Waals surface area contributed by atoms with Crippen molar-refractivity contribution in [2.24, 2.45) is 0 Å². The number of hydrogen-bond acceptors (Lipinski definition) is 3. The third kappa shape index (κ3) is 21.8. The minimum absolute atomic E-state index is 0.0932. The lowest BCUT2D eigenvalue weighted by Gasteiger charge is -2.10. The molecule has 0 aromatic heterocycles. The normalized spacial score (nSPS) is 13.2. The molecule has 1 atom stereocenters. The molecular formula is C20H42O4S. The maximum Gasteiger partial charge on any atom is 0.264 e. The van der Waals surface area contributed by atoms with E-state index in [0.29, 0.717) is 6.42 Å². The molecule has 25 heavy (non-hydrogen) atoms. The van der Waals surface area contributed by atoms with Crippen molar-refractivity contribution in [1.29, 1.82) is 0 Å². The smallest absolute Gasteiger partial charge is 0.264 e. The van der Waals surface area contributed by atoms with Crippen molar-refractivity contribution in [1.82, 2.24) is 0 Å². The van der Waals surface area contributed by atoms with Gasteiger partial charge in [0.05, 0.1) is 11.9 Å². The summed E-state index contributed by atoms with van der Waals surface area (Å²) in [6, 6.07) is 0. The fourth-order valence-electron chi connectivity index (χ4n) is 3.21. The highest BCUT2D eigenvalue weighted by molar-refractivity contribution is 7.85. The van der Waals surface area contributed by atoms with E-state index >= 15 is 0 Å². The highest BCUT2D eigenvalue weighted by Crippen LogP contribution is 2.14. The van der Waals surface area contributed by atoms with Gasteiger partial charge in [-0.25, -0.2) is 0 Å². The Kier molecular flexibility index (Phi) is 17.2. The molecule has 0 saturated carbocycles. The standard InChI is InChI=1S/C20H42O4S/c1-2-3-4-11-14-17-20(21)18-15-12-9-7-5-6-8-10-13-16-19-25(22,23)24/h20-21H,2-19H2,1H3,(H,22,23,24). The van der Waals surface area contributed by atoms with E-state index in [1.165, 1.54) is 64.2 Å². The van der Waals surface area contributed by atoms with Crippen LogP contribution in [0.1, 0.15) is 116 Å². The Bertz CT molecular complexity index is 368. The molecule has 0 rings (SSSR count). The molecule has 4 nitrogen and oxygen atoms in total. The molecule has 0 radical (unpaired) electrons. The molecule has 0 heterocycles. The van der Waals surface area contributed by atoms with Crippen molar-refractivity contribution < 1.29 is 18.1 Å². The summed E-state index contributed by atoms with van der Waals surface area (Å²) in [5.74, 6) is -0.0996. The highest BCUT2D eigenvalue weighted by atomic mass is 32.2. The third-order valence-corrected chi connectivity index (χ3v) is 5.64. The second kappa shape index (κ2) is 17.3. The Hall–Kier alpha value is -0.130. The maximum absolute atomic E-state index is 10.6. The van der Waals surface area contributed by atoms with Crippen molar-refractivity contribution >= 4 is 10.1 Å². The zero-order valence-corrected chi connectivity index (χ0v) is 17.2. The van der Waals surface area contributed by atoms with E-state index in [-0.39, 0.29) is 11.9 Å². The summed E-state index contributed by atoms with van der Waals surface area (Å²) in [6.45, 7) is 2.22. The first-order valence-corrected chi connectivity index (χ1v) is 12.2. The van der Waals surface area contributed by atoms with Crippen LogP contribution in [0.15, 0.2) is 0 Å². The SMILES string of the molecule is CCCCCCCC(O)CCCCCCCCCCCCS(=O)(=O)O. The fraction of sp³-hybridized carbons (Fsp3) is 1.00. The number of rotatable bonds is 19. The monoisotopic (exact) mass is 378 g/mol. The lowest BCUT2D eigenvalue weighted by Crippen LogP contribution is -2.05. The summed E-state index contributed by atoms with van der Waals surface area (Å²) >= 11 is 0. The van der Waals surface area contributed by atoms with E-state index in [0.717, 1.165) is 38.5 Å². The zero-order chi connectivity index (χ0) is 18.8. The third-order valence-electron chi connectivity index (χ3n) is 4.83. The van der Waals surface area contributed by atoms with E-state index in [1.807, 2.05) is 0 Å². The molecular weight excluding hydrogens is 336 g/mol. The molecule has 0 aliphatic carbocycles. The topological polar surface area (TPSA) is 74.6 Å². The number of aliphatic hydroxyl groups excluding tert-OH is 1. The van der Waals surface area contributed by atoms with Crippen LogP contribution >= 0.6 is 0 Å². The molecule has 0 fully saturated rings. The van der Waals surface area contributed by atoms with Gasteiger partial charge in [0.2, 0.25) is 0 Å². The second-order valence-corrected chi connectivity index (χ2v) is 9.04. The van der Waals surface area contributed by atoms with Gasteiger partial charge in [0, 0.05) is 0 Å². The van der Waals surface area contributed by atoms with Crippen LogP contribution in [0.2, 0.25) is 0 Å². The van der Waals surface area contributed by atoms with Crippen molar-refractivity contribution in [2.75, 3.05) is 5.75 Å². The predicted molar refractivity (Wildman–Crippen MR) is 107 cm³/mol. The van der Waals surface area contributed by atoms with Crippen LogP contribution in [0.25, 0.3) is 0 Å². The van der Waals surface area contributed by atoms with Gasteiger partial charge >= 0.3 is 0 Å². The fourth-order valence-corrected chi connectivity index (χ4v) is 3.78.